The lowest BCUT2D eigenvalue weighted by molar-refractivity contribution is -0.155. The summed E-state index contributed by atoms with van der Waals surface area (Å²) in [6.45, 7) is 12.2. The van der Waals surface area contributed by atoms with Crippen LogP contribution < -0.4 is 4.90 Å². The van der Waals surface area contributed by atoms with Crippen LogP contribution in [0.4, 0.5) is 5.69 Å². The number of nitrogens with zero attached hydrogens (tertiary/aromatic N) is 2. The predicted molar refractivity (Wildman–Crippen MR) is 156 cm³/mol. The standard InChI is InChI=1S/C30H39ClN2O5S/c1-5-7-8-9-19-38-28(37)23-22-26(35)33(17-11-18-34)25(30(22)15-14-29(23,4)39-30)27(36)32(16-6-2)24-20(3)12-10-13-21(24)31/h5-6,10,12-13,22-23,25,34H,1-2,7-9,11,14-19H2,3-4H3/t22-,23-,25?,29+,30?/m0/s1. The fraction of sp³-hybridized carbons (Fsp3) is 0.567. The molecule has 212 valence electrons. The maximum atomic E-state index is 14.6. The monoisotopic (exact) mass is 574 g/mol. The number of fused-ring (bicyclic) bond motifs is 1. The van der Waals surface area contributed by atoms with Crippen molar-refractivity contribution in [1.82, 2.24) is 4.90 Å². The molecule has 39 heavy (non-hydrogen) atoms. The first kappa shape index (κ1) is 29.7. The summed E-state index contributed by atoms with van der Waals surface area (Å²) >= 11 is 8.21. The van der Waals surface area contributed by atoms with Crippen LogP contribution in [0.2, 0.25) is 5.02 Å². The van der Waals surface area contributed by atoms with E-state index >= 15 is 0 Å². The van der Waals surface area contributed by atoms with Gasteiger partial charge >= 0.3 is 5.97 Å². The van der Waals surface area contributed by atoms with Gasteiger partial charge < -0.3 is 19.6 Å². The molecule has 3 saturated heterocycles. The maximum Gasteiger partial charge on any atom is 0.311 e. The molecule has 0 radical (unpaired) electrons. The number of amides is 2. The molecule has 3 fully saturated rings. The Kier molecular flexibility index (Phi) is 9.19. The van der Waals surface area contributed by atoms with E-state index in [1.807, 2.05) is 32.1 Å². The van der Waals surface area contributed by atoms with Gasteiger partial charge in [0, 0.05) is 24.4 Å². The second-order valence-corrected chi connectivity index (χ2v) is 13.2. The number of thioether (sulfide) groups is 1. The fourth-order valence-electron chi connectivity index (χ4n) is 6.73. The third-order valence-electron chi connectivity index (χ3n) is 8.40. The lowest BCUT2D eigenvalue weighted by Gasteiger charge is -2.37. The Morgan fingerprint density at radius 1 is 1.26 bits per heavy atom. The molecule has 1 aromatic carbocycles. The molecule has 3 heterocycles. The van der Waals surface area contributed by atoms with Crippen molar-refractivity contribution in [2.75, 3.05) is 31.2 Å². The topological polar surface area (TPSA) is 87.1 Å². The molecule has 0 aliphatic carbocycles. The number of anilines is 1. The van der Waals surface area contributed by atoms with E-state index in [0.717, 1.165) is 24.8 Å². The highest BCUT2D eigenvalue weighted by molar-refractivity contribution is 8.02. The molecular formula is C30H39ClN2O5S. The first-order valence-electron chi connectivity index (χ1n) is 13.7. The highest BCUT2D eigenvalue weighted by Crippen LogP contribution is 2.71. The summed E-state index contributed by atoms with van der Waals surface area (Å²) in [4.78, 5) is 45.4. The first-order valence-corrected chi connectivity index (χ1v) is 14.9. The Morgan fingerprint density at radius 2 is 2.03 bits per heavy atom. The van der Waals surface area contributed by atoms with Gasteiger partial charge in [-0.1, -0.05) is 35.9 Å². The summed E-state index contributed by atoms with van der Waals surface area (Å²) in [5.74, 6) is -2.10. The number of halogens is 1. The van der Waals surface area contributed by atoms with Crippen LogP contribution in [0.15, 0.2) is 43.5 Å². The molecule has 2 unspecified atom stereocenters. The average Bonchev–Trinajstić information content (AvgIpc) is 3.46. The molecule has 0 aromatic heterocycles. The van der Waals surface area contributed by atoms with Gasteiger partial charge in [-0.2, -0.15) is 0 Å². The molecule has 2 amide bonds. The number of aliphatic hydroxyl groups is 1. The molecule has 4 rings (SSSR count). The van der Waals surface area contributed by atoms with Crippen LogP contribution in [0.3, 0.4) is 0 Å². The minimum atomic E-state index is -0.797. The number of rotatable bonds is 13. The van der Waals surface area contributed by atoms with Crippen molar-refractivity contribution < 1.29 is 24.2 Å². The number of aryl methyl sites for hydroxylation is 1. The van der Waals surface area contributed by atoms with Gasteiger partial charge in [0.2, 0.25) is 5.91 Å². The molecule has 3 aliphatic rings. The molecule has 1 aromatic rings. The van der Waals surface area contributed by atoms with E-state index in [0.29, 0.717) is 36.6 Å². The van der Waals surface area contributed by atoms with E-state index in [1.54, 1.807) is 33.7 Å². The SMILES string of the molecule is C=CCCCCOC(=O)[C@@H]1[C@H]2C(=O)N(CCCO)C(C(=O)N(CC=C)c3c(C)cccc3Cl)C23CC[C@@]1(C)S3. The predicted octanol–water partition coefficient (Wildman–Crippen LogP) is 4.93. The van der Waals surface area contributed by atoms with Crippen LogP contribution in [0.25, 0.3) is 0 Å². The van der Waals surface area contributed by atoms with Crippen molar-refractivity contribution in [3.8, 4) is 0 Å². The smallest absolute Gasteiger partial charge is 0.311 e. The van der Waals surface area contributed by atoms with E-state index in [4.69, 9.17) is 16.3 Å². The van der Waals surface area contributed by atoms with Gasteiger partial charge in [0.15, 0.2) is 0 Å². The van der Waals surface area contributed by atoms with Crippen LogP contribution >= 0.6 is 23.4 Å². The minimum Gasteiger partial charge on any atom is -0.465 e. The van der Waals surface area contributed by atoms with Crippen molar-refractivity contribution in [3.63, 3.8) is 0 Å². The molecule has 1 N–H and O–H groups in total. The van der Waals surface area contributed by atoms with Gasteiger partial charge in [-0.25, -0.2) is 0 Å². The third kappa shape index (κ3) is 5.16. The molecule has 9 heteroatoms. The maximum absolute atomic E-state index is 14.6. The fourth-order valence-corrected chi connectivity index (χ4v) is 9.39. The molecule has 3 aliphatic heterocycles. The molecular weight excluding hydrogens is 536 g/mol. The number of hydrogen-bond donors (Lipinski definition) is 1. The van der Waals surface area contributed by atoms with Gasteiger partial charge in [0.05, 0.1) is 33.9 Å². The number of likely N-dealkylation sites (tertiary alicyclic amines) is 1. The van der Waals surface area contributed by atoms with Crippen LogP contribution in [0.1, 0.15) is 51.0 Å². The number of unbranched alkanes of at least 4 members (excludes halogenated alkanes) is 2. The number of allylic oxidation sites excluding steroid dienone is 1. The van der Waals surface area contributed by atoms with Crippen LogP contribution in [-0.4, -0.2) is 69.6 Å². The van der Waals surface area contributed by atoms with E-state index in [9.17, 15) is 19.5 Å². The number of benzene rings is 1. The van der Waals surface area contributed by atoms with Gasteiger partial charge in [-0.15, -0.1) is 24.9 Å². The summed E-state index contributed by atoms with van der Waals surface area (Å²) < 4.78 is 4.46. The number of aliphatic hydroxyl groups excluding tert-OH is 1. The summed E-state index contributed by atoms with van der Waals surface area (Å²) in [5.41, 5.74) is 1.43. The lowest BCUT2D eigenvalue weighted by atomic mass is 9.66. The van der Waals surface area contributed by atoms with Crippen LogP contribution in [-0.2, 0) is 19.1 Å². The zero-order chi connectivity index (χ0) is 28.4. The Hall–Kier alpha value is -2.29. The van der Waals surface area contributed by atoms with Gasteiger partial charge in [-0.3, -0.25) is 14.4 Å². The van der Waals surface area contributed by atoms with Gasteiger partial charge in [0.1, 0.15) is 6.04 Å². The largest absolute Gasteiger partial charge is 0.465 e. The molecule has 0 saturated carbocycles. The van der Waals surface area contributed by atoms with E-state index in [2.05, 4.69) is 13.2 Å². The van der Waals surface area contributed by atoms with Crippen molar-refractivity contribution in [3.05, 3.63) is 54.1 Å². The normalized spacial score (nSPS) is 28.9. The molecule has 2 bridgehead atoms. The third-order valence-corrected chi connectivity index (χ3v) is 10.7. The van der Waals surface area contributed by atoms with Crippen molar-refractivity contribution in [2.24, 2.45) is 11.8 Å². The van der Waals surface area contributed by atoms with E-state index in [1.165, 1.54) is 0 Å². The number of ether oxygens (including phenoxy) is 1. The highest BCUT2D eigenvalue weighted by Gasteiger charge is 2.77. The summed E-state index contributed by atoms with van der Waals surface area (Å²) in [6.07, 6.45) is 7.65. The Bertz CT molecular complexity index is 1120. The Labute approximate surface area is 240 Å². The molecule has 7 nitrogen and oxygen atoms in total. The highest BCUT2D eigenvalue weighted by atomic mass is 35.5. The quantitative estimate of drug-likeness (QED) is 0.204. The van der Waals surface area contributed by atoms with Crippen molar-refractivity contribution >= 4 is 46.8 Å². The summed E-state index contributed by atoms with van der Waals surface area (Å²) in [5, 5.41) is 10.0. The van der Waals surface area contributed by atoms with E-state index in [-0.39, 0.29) is 37.5 Å². The average molecular weight is 575 g/mol. The van der Waals surface area contributed by atoms with Crippen molar-refractivity contribution in [1.29, 1.82) is 0 Å². The number of carbonyl (C=O) groups excluding carboxylic acids is 3. The lowest BCUT2D eigenvalue weighted by Crippen LogP contribution is -2.55. The number of hydrogen-bond acceptors (Lipinski definition) is 6. The second kappa shape index (κ2) is 12.1. The van der Waals surface area contributed by atoms with Crippen LogP contribution in [0, 0.1) is 18.8 Å². The zero-order valence-corrected chi connectivity index (χ0v) is 24.4. The van der Waals surface area contributed by atoms with Crippen molar-refractivity contribution in [2.45, 2.75) is 67.9 Å². The van der Waals surface area contributed by atoms with Gasteiger partial charge in [0.25, 0.3) is 5.91 Å². The Balaban J connectivity index is 1.72. The summed E-state index contributed by atoms with van der Waals surface area (Å²) in [6, 6.07) is 4.68. The zero-order valence-electron chi connectivity index (χ0n) is 22.9. The van der Waals surface area contributed by atoms with Crippen LogP contribution in [0.5, 0.6) is 0 Å². The molecule has 1 spiro atoms. The minimum absolute atomic E-state index is 0.108. The van der Waals surface area contributed by atoms with E-state index < -0.39 is 27.4 Å². The molecule has 5 atom stereocenters. The summed E-state index contributed by atoms with van der Waals surface area (Å²) in [7, 11) is 0. The first-order chi connectivity index (χ1) is 18.7. The number of carbonyl (C=O) groups is 3. The van der Waals surface area contributed by atoms with Gasteiger partial charge in [-0.05, 0) is 64.0 Å². The number of para-hydroxylation sites is 1. The second-order valence-electron chi connectivity index (χ2n) is 10.9. The Morgan fingerprint density at radius 3 is 2.69 bits per heavy atom. The number of esters is 1.